The number of piperazine rings is 1. The summed E-state index contributed by atoms with van der Waals surface area (Å²) in [5.41, 5.74) is 0.417. The van der Waals surface area contributed by atoms with Crippen LogP contribution in [0.25, 0.3) is 0 Å². The van der Waals surface area contributed by atoms with Gasteiger partial charge in [0.2, 0.25) is 12.4 Å². The van der Waals surface area contributed by atoms with Gasteiger partial charge in [0.25, 0.3) is 5.91 Å². The van der Waals surface area contributed by atoms with E-state index in [0.29, 0.717) is 43.9 Å². The van der Waals surface area contributed by atoms with E-state index in [1.54, 1.807) is 22.1 Å². The molecule has 2 heterocycles. The molecule has 1 aliphatic heterocycles. The van der Waals surface area contributed by atoms with Crippen LogP contribution in [0.1, 0.15) is 49.0 Å². The minimum absolute atomic E-state index is 0.0909. The Kier molecular flexibility index (Phi) is 5.61. The minimum Gasteiger partial charge on any atom is -0.351 e. The number of rotatable bonds is 4. The highest BCUT2D eigenvalue weighted by Crippen LogP contribution is 2.20. The number of hydrogen-bond acceptors (Lipinski definition) is 5. The van der Waals surface area contributed by atoms with Crippen molar-refractivity contribution in [2.24, 2.45) is 0 Å². The molecule has 24 heavy (non-hydrogen) atoms. The molecule has 1 N–H and O–H groups in total. The topological polar surface area (TPSA) is 78.4 Å². The van der Waals surface area contributed by atoms with Crippen LogP contribution in [-0.2, 0) is 4.79 Å². The molecular formula is C17H25N5O2. The molecule has 2 amide bonds. The van der Waals surface area contributed by atoms with Crippen molar-refractivity contribution in [3.8, 4) is 0 Å². The third-order valence-corrected chi connectivity index (χ3v) is 4.81. The maximum absolute atomic E-state index is 12.6. The summed E-state index contributed by atoms with van der Waals surface area (Å²) in [6.07, 6.45) is 9.80. The van der Waals surface area contributed by atoms with Crippen molar-refractivity contribution in [1.29, 1.82) is 0 Å². The van der Waals surface area contributed by atoms with Crippen LogP contribution in [0.3, 0.4) is 0 Å². The summed E-state index contributed by atoms with van der Waals surface area (Å²) < 4.78 is 0. The van der Waals surface area contributed by atoms with Gasteiger partial charge in [0.15, 0.2) is 0 Å². The summed E-state index contributed by atoms with van der Waals surface area (Å²) in [6, 6.07) is 2.06. The predicted octanol–water partition coefficient (Wildman–Crippen LogP) is 1.53. The van der Waals surface area contributed by atoms with Crippen LogP contribution >= 0.6 is 0 Å². The Balaban J connectivity index is 1.61. The second-order valence-corrected chi connectivity index (χ2v) is 6.53. The lowest BCUT2D eigenvalue weighted by molar-refractivity contribution is -0.119. The molecule has 1 saturated heterocycles. The van der Waals surface area contributed by atoms with Crippen LogP contribution in [0.2, 0.25) is 0 Å². The lowest BCUT2D eigenvalue weighted by Crippen LogP contribution is -2.48. The predicted molar refractivity (Wildman–Crippen MR) is 90.7 cm³/mol. The lowest BCUT2D eigenvalue weighted by atomic mass is 10.1. The highest BCUT2D eigenvalue weighted by Gasteiger charge is 2.23. The molecule has 0 aromatic carbocycles. The molecule has 3 rings (SSSR count). The summed E-state index contributed by atoms with van der Waals surface area (Å²) in [6.45, 7) is 2.25. The van der Waals surface area contributed by atoms with E-state index in [-0.39, 0.29) is 5.91 Å². The van der Waals surface area contributed by atoms with Crippen molar-refractivity contribution in [2.75, 3.05) is 31.5 Å². The second kappa shape index (κ2) is 8.08. The third kappa shape index (κ3) is 4.21. The van der Waals surface area contributed by atoms with E-state index in [2.05, 4.69) is 15.3 Å². The fourth-order valence-corrected chi connectivity index (χ4v) is 3.35. The molecule has 2 aliphatic rings. The van der Waals surface area contributed by atoms with E-state index < -0.39 is 0 Å². The van der Waals surface area contributed by atoms with Gasteiger partial charge >= 0.3 is 0 Å². The number of amides is 2. The number of hydrogen-bond donors (Lipinski definition) is 1. The molecule has 0 unspecified atom stereocenters. The monoisotopic (exact) mass is 331 g/mol. The van der Waals surface area contributed by atoms with Crippen LogP contribution in [0.4, 0.5) is 5.95 Å². The first kappa shape index (κ1) is 16.7. The molecule has 1 aromatic heterocycles. The number of nitrogens with zero attached hydrogens (tertiary/aromatic N) is 4. The molecule has 0 bridgehead atoms. The van der Waals surface area contributed by atoms with Crippen molar-refractivity contribution in [3.05, 3.63) is 18.0 Å². The maximum atomic E-state index is 12.6. The fraction of sp³-hybridized carbons (Fsp3) is 0.647. The minimum atomic E-state index is -0.0909. The normalized spacial score (nSPS) is 19.7. The first-order chi connectivity index (χ1) is 11.8. The molecule has 0 radical (unpaired) electrons. The Morgan fingerprint density at radius 3 is 2.50 bits per heavy atom. The van der Waals surface area contributed by atoms with Crippen molar-refractivity contribution >= 4 is 18.3 Å². The first-order valence-electron chi connectivity index (χ1n) is 8.84. The van der Waals surface area contributed by atoms with Crippen LogP contribution in [0, 0.1) is 0 Å². The van der Waals surface area contributed by atoms with E-state index >= 15 is 0 Å². The van der Waals surface area contributed by atoms with Gasteiger partial charge in [-0.05, 0) is 18.9 Å². The van der Waals surface area contributed by atoms with Gasteiger partial charge in [-0.25, -0.2) is 9.97 Å². The Morgan fingerprint density at radius 1 is 1.12 bits per heavy atom. The molecule has 1 saturated carbocycles. The van der Waals surface area contributed by atoms with E-state index in [1.165, 1.54) is 25.7 Å². The largest absolute Gasteiger partial charge is 0.351 e. The van der Waals surface area contributed by atoms with Crippen molar-refractivity contribution in [1.82, 2.24) is 19.8 Å². The van der Waals surface area contributed by atoms with Gasteiger partial charge in [-0.2, -0.15) is 0 Å². The molecule has 0 spiro atoms. The van der Waals surface area contributed by atoms with Crippen molar-refractivity contribution < 1.29 is 9.59 Å². The van der Waals surface area contributed by atoms with E-state index in [4.69, 9.17) is 0 Å². The van der Waals surface area contributed by atoms with Crippen LogP contribution in [-0.4, -0.2) is 64.3 Å². The molecule has 130 valence electrons. The summed E-state index contributed by atoms with van der Waals surface area (Å²) in [4.78, 5) is 35.5. The average Bonchev–Trinajstić information content (AvgIpc) is 2.90. The average molecular weight is 331 g/mol. The van der Waals surface area contributed by atoms with E-state index in [1.807, 2.05) is 0 Å². The zero-order valence-electron chi connectivity index (χ0n) is 14.0. The standard InChI is InChI=1S/C17H25N5O2/c23-13-21-9-11-22(12-10-21)16(24)15-7-8-18-17(20-15)19-14-5-3-1-2-4-6-14/h7-8,13-14H,1-6,9-12H2,(H,18,19,20). The fourth-order valence-electron chi connectivity index (χ4n) is 3.35. The van der Waals surface area contributed by atoms with Crippen LogP contribution in [0.5, 0.6) is 0 Å². The summed E-state index contributed by atoms with van der Waals surface area (Å²) in [7, 11) is 0. The van der Waals surface area contributed by atoms with Crippen LogP contribution < -0.4 is 5.32 Å². The number of nitrogens with one attached hydrogen (secondary N) is 1. The molecule has 2 fully saturated rings. The quantitative estimate of drug-likeness (QED) is 0.668. The second-order valence-electron chi connectivity index (χ2n) is 6.53. The van der Waals surface area contributed by atoms with Gasteiger partial charge < -0.3 is 15.1 Å². The van der Waals surface area contributed by atoms with Gasteiger partial charge in [-0.15, -0.1) is 0 Å². The summed E-state index contributed by atoms with van der Waals surface area (Å²) in [5.74, 6) is 0.450. The Morgan fingerprint density at radius 2 is 1.83 bits per heavy atom. The van der Waals surface area contributed by atoms with Crippen molar-refractivity contribution in [3.63, 3.8) is 0 Å². The highest BCUT2D eigenvalue weighted by molar-refractivity contribution is 5.92. The zero-order valence-corrected chi connectivity index (χ0v) is 14.0. The number of anilines is 1. The lowest BCUT2D eigenvalue weighted by Gasteiger charge is -2.32. The number of aromatic nitrogens is 2. The molecule has 0 atom stereocenters. The van der Waals surface area contributed by atoms with E-state index in [9.17, 15) is 9.59 Å². The van der Waals surface area contributed by atoms with Crippen LogP contribution in [0.15, 0.2) is 12.3 Å². The molecule has 1 aromatic rings. The Labute approximate surface area is 142 Å². The van der Waals surface area contributed by atoms with Gasteiger partial charge in [0.1, 0.15) is 5.69 Å². The van der Waals surface area contributed by atoms with Crippen molar-refractivity contribution in [2.45, 2.75) is 44.6 Å². The van der Waals surface area contributed by atoms with E-state index in [0.717, 1.165) is 19.3 Å². The Hall–Kier alpha value is -2.18. The summed E-state index contributed by atoms with van der Waals surface area (Å²) in [5, 5.41) is 3.39. The maximum Gasteiger partial charge on any atom is 0.272 e. The molecular weight excluding hydrogens is 306 g/mol. The zero-order chi connectivity index (χ0) is 16.8. The SMILES string of the molecule is O=CN1CCN(C(=O)c2ccnc(NC3CCCCCC3)n2)CC1. The van der Waals surface area contributed by atoms with Gasteiger partial charge in [-0.1, -0.05) is 25.7 Å². The van der Waals surface area contributed by atoms with Gasteiger partial charge in [-0.3, -0.25) is 9.59 Å². The molecule has 7 heteroatoms. The Bertz CT molecular complexity index is 564. The van der Waals surface area contributed by atoms with Gasteiger partial charge in [0.05, 0.1) is 0 Å². The summed E-state index contributed by atoms with van der Waals surface area (Å²) >= 11 is 0. The number of carbonyl (C=O) groups is 2. The molecule has 7 nitrogen and oxygen atoms in total. The molecule has 1 aliphatic carbocycles. The van der Waals surface area contributed by atoms with Gasteiger partial charge in [0, 0.05) is 38.4 Å². The third-order valence-electron chi connectivity index (χ3n) is 4.81. The number of carbonyl (C=O) groups excluding carboxylic acids is 2. The smallest absolute Gasteiger partial charge is 0.272 e. The highest BCUT2D eigenvalue weighted by atomic mass is 16.2. The first-order valence-corrected chi connectivity index (χ1v) is 8.84.